The number of aliphatic imine (C=N–C) groups is 1. The topological polar surface area (TPSA) is 12.4 Å². The molecule has 1 saturated heterocycles. The van der Waals surface area contributed by atoms with Gasteiger partial charge < -0.3 is 0 Å². The van der Waals surface area contributed by atoms with Gasteiger partial charge in [0.05, 0.1) is 5.69 Å². The van der Waals surface area contributed by atoms with Crippen LogP contribution in [0, 0.1) is 0 Å². The van der Waals surface area contributed by atoms with Crippen molar-refractivity contribution in [3.63, 3.8) is 0 Å². The van der Waals surface area contributed by atoms with Gasteiger partial charge in [-0.05, 0) is 61.4 Å². The van der Waals surface area contributed by atoms with Crippen LogP contribution in [0.4, 0.5) is 5.69 Å². The van der Waals surface area contributed by atoms with Crippen molar-refractivity contribution in [3.05, 3.63) is 50.9 Å². The summed E-state index contributed by atoms with van der Waals surface area (Å²) in [6.45, 7) is 4.27. The lowest BCUT2D eigenvalue weighted by atomic mass is 10.1. The maximum absolute atomic E-state index is 5.90. The van der Waals surface area contributed by atoms with Crippen LogP contribution in [-0.2, 0) is 0 Å². The molecule has 0 saturated carbocycles. The fraction of sp³-hybridized carbons (Fsp3) is 0.267. The fourth-order valence-corrected chi connectivity index (χ4v) is 3.26. The van der Waals surface area contributed by atoms with Crippen molar-refractivity contribution in [2.75, 3.05) is 0 Å². The predicted octanol–water partition coefficient (Wildman–Crippen LogP) is 6.31. The Balaban J connectivity index is 2.33. The normalized spacial score (nSPS) is 20.1. The number of nitrogens with zero attached hydrogens (tertiary/aromatic N) is 1. The second kappa shape index (κ2) is 6.65. The van der Waals surface area contributed by atoms with Crippen molar-refractivity contribution in [2.45, 2.75) is 26.7 Å². The summed E-state index contributed by atoms with van der Waals surface area (Å²) < 4.78 is 0. The van der Waals surface area contributed by atoms with Gasteiger partial charge in [-0.1, -0.05) is 40.5 Å². The second-order valence-electron chi connectivity index (χ2n) is 4.55. The van der Waals surface area contributed by atoms with E-state index in [2.05, 4.69) is 18.8 Å². The van der Waals surface area contributed by atoms with Gasteiger partial charge in [-0.3, -0.25) is 0 Å². The van der Waals surface area contributed by atoms with Crippen molar-refractivity contribution in [2.24, 2.45) is 4.99 Å². The lowest BCUT2D eigenvalue weighted by Crippen LogP contribution is -2.05. The molecular formula is C15H15Cl2NS. The van der Waals surface area contributed by atoms with Crippen LogP contribution in [-0.4, -0.2) is 5.04 Å². The van der Waals surface area contributed by atoms with Crippen molar-refractivity contribution in [1.82, 2.24) is 0 Å². The highest BCUT2D eigenvalue weighted by Crippen LogP contribution is 2.38. The van der Waals surface area contributed by atoms with Gasteiger partial charge in [-0.25, -0.2) is 4.99 Å². The Morgan fingerprint density at radius 2 is 1.89 bits per heavy atom. The van der Waals surface area contributed by atoms with E-state index < -0.39 is 0 Å². The van der Waals surface area contributed by atoms with Gasteiger partial charge in [0, 0.05) is 10.6 Å². The van der Waals surface area contributed by atoms with E-state index >= 15 is 0 Å². The molecule has 19 heavy (non-hydrogen) atoms. The molecule has 1 nitrogen and oxygen atoms in total. The Morgan fingerprint density at radius 1 is 1.21 bits per heavy atom. The largest absolute Gasteiger partial charge is 0.241 e. The number of allylic oxidation sites excluding steroid dienone is 2. The van der Waals surface area contributed by atoms with Crippen LogP contribution < -0.4 is 0 Å². The summed E-state index contributed by atoms with van der Waals surface area (Å²) in [5.74, 6) is 0. The van der Waals surface area contributed by atoms with Crippen molar-refractivity contribution in [1.29, 1.82) is 0 Å². The van der Waals surface area contributed by atoms with Gasteiger partial charge in [0.1, 0.15) is 5.04 Å². The Morgan fingerprint density at radius 3 is 2.47 bits per heavy atom. The van der Waals surface area contributed by atoms with Crippen LogP contribution in [0.25, 0.3) is 0 Å². The van der Waals surface area contributed by atoms with E-state index in [1.54, 1.807) is 17.3 Å². The zero-order chi connectivity index (χ0) is 13.8. The maximum Gasteiger partial charge on any atom is 0.105 e. The molecule has 1 aliphatic heterocycles. The third-order valence-electron chi connectivity index (χ3n) is 2.86. The van der Waals surface area contributed by atoms with Crippen molar-refractivity contribution in [3.8, 4) is 0 Å². The molecule has 0 unspecified atom stereocenters. The first-order valence-electron chi connectivity index (χ1n) is 6.08. The van der Waals surface area contributed by atoms with E-state index in [0.717, 1.165) is 34.2 Å². The Bertz CT molecular complexity index is 552. The molecule has 0 N–H and O–H groups in total. The molecule has 100 valence electrons. The Hall–Kier alpha value is -0.700. The van der Waals surface area contributed by atoms with Crippen LogP contribution in [0.15, 0.2) is 50.8 Å². The molecule has 0 atom stereocenters. The quantitative estimate of drug-likeness (QED) is 0.591. The minimum atomic E-state index is 0.721. The summed E-state index contributed by atoms with van der Waals surface area (Å²) in [5, 5.41) is 1.71. The first-order valence-corrected chi connectivity index (χ1v) is 7.71. The third-order valence-corrected chi connectivity index (χ3v) is 4.78. The Labute approximate surface area is 128 Å². The predicted molar refractivity (Wildman–Crippen MR) is 87.7 cm³/mol. The summed E-state index contributed by atoms with van der Waals surface area (Å²) in [4.78, 5) is 6.06. The van der Waals surface area contributed by atoms with E-state index in [0.29, 0.717) is 0 Å². The first-order chi connectivity index (χ1) is 9.10. The van der Waals surface area contributed by atoms with Crippen LogP contribution >= 0.6 is 35.0 Å². The summed E-state index contributed by atoms with van der Waals surface area (Å²) >= 11 is 13.5. The van der Waals surface area contributed by atoms with E-state index in [1.807, 2.05) is 24.3 Å². The number of halogens is 2. The van der Waals surface area contributed by atoms with E-state index in [1.165, 1.54) is 10.5 Å². The number of thioether (sulfide) groups is 1. The molecule has 0 aromatic heterocycles. The number of benzene rings is 1. The number of hydrogen-bond donors (Lipinski definition) is 0. The van der Waals surface area contributed by atoms with Gasteiger partial charge in [0.15, 0.2) is 0 Å². The zero-order valence-corrected chi connectivity index (χ0v) is 13.2. The minimum Gasteiger partial charge on any atom is -0.241 e. The molecule has 2 rings (SSSR count). The molecule has 4 heteroatoms. The fourth-order valence-electron chi connectivity index (χ4n) is 1.77. The minimum absolute atomic E-state index is 0.721. The first kappa shape index (κ1) is 14.7. The van der Waals surface area contributed by atoms with Crippen LogP contribution in [0.1, 0.15) is 26.7 Å². The average Bonchev–Trinajstić information content (AvgIpc) is 2.41. The molecule has 0 radical (unpaired) electrons. The lowest BCUT2D eigenvalue weighted by molar-refractivity contribution is 0.988. The van der Waals surface area contributed by atoms with Gasteiger partial charge >= 0.3 is 0 Å². The molecule has 0 amide bonds. The third kappa shape index (κ3) is 3.88. The van der Waals surface area contributed by atoms with Crippen LogP contribution in [0.3, 0.4) is 0 Å². The Kier molecular flexibility index (Phi) is 5.14. The molecule has 1 aromatic rings. The van der Waals surface area contributed by atoms with Crippen LogP contribution in [0.2, 0.25) is 5.02 Å². The van der Waals surface area contributed by atoms with E-state index in [4.69, 9.17) is 23.2 Å². The molecule has 0 spiro atoms. The molecule has 1 heterocycles. The maximum atomic E-state index is 5.90. The van der Waals surface area contributed by atoms with Crippen molar-refractivity contribution >= 4 is 45.7 Å². The molecule has 0 aliphatic carbocycles. The van der Waals surface area contributed by atoms with E-state index in [-0.39, 0.29) is 0 Å². The summed E-state index contributed by atoms with van der Waals surface area (Å²) in [6, 6.07) is 7.53. The standard InChI is InChI=1S/C15H15Cl2NS/c1-10(2)14-8-3-11(9-16)15(19-14)18-13-6-4-12(17)5-7-13/h4-7,9H,3,8H2,1-2H3/b11-9+,18-15?. The number of hydrogen-bond acceptors (Lipinski definition) is 2. The van der Waals surface area contributed by atoms with Crippen molar-refractivity contribution < 1.29 is 0 Å². The average molecular weight is 312 g/mol. The van der Waals surface area contributed by atoms with Gasteiger partial charge in [-0.15, -0.1) is 0 Å². The van der Waals surface area contributed by atoms with Gasteiger partial charge in [0.25, 0.3) is 0 Å². The highest BCUT2D eigenvalue weighted by Gasteiger charge is 2.18. The molecule has 1 fully saturated rings. The summed E-state index contributed by atoms with van der Waals surface area (Å²) in [5.41, 5.74) is 5.00. The molecule has 0 bridgehead atoms. The van der Waals surface area contributed by atoms with Gasteiger partial charge in [0.2, 0.25) is 0 Å². The SMILES string of the molecule is CC(C)=C1CC/C(=C\Cl)C(=Nc2ccc(Cl)cc2)S1. The van der Waals surface area contributed by atoms with Crippen LogP contribution in [0.5, 0.6) is 0 Å². The monoisotopic (exact) mass is 311 g/mol. The smallest absolute Gasteiger partial charge is 0.105 e. The number of rotatable bonds is 1. The highest BCUT2D eigenvalue weighted by atomic mass is 35.5. The second-order valence-corrected chi connectivity index (χ2v) is 6.29. The summed E-state index contributed by atoms with van der Waals surface area (Å²) in [6.07, 6.45) is 1.99. The highest BCUT2D eigenvalue weighted by molar-refractivity contribution is 8.17. The molecular weight excluding hydrogens is 297 g/mol. The molecule has 1 aromatic carbocycles. The van der Waals surface area contributed by atoms with E-state index in [9.17, 15) is 0 Å². The zero-order valence-electron chi connectivity index (χ0n) is 10.9. The molecule has 1 aliphatic rings. The van der Waals surface area contributed by atoms with Gasteiger partial charge in [-0.2, -0.15) is 0 Å². The lowest BCUT2D eigenvalue weighted by Gasteiger charge is -2.20. The summed E-state index contributed by atoms with van der Waals surface area (Å²) in [7, 11) is 0.